The Hall–Kier alpha value is -5.57. The first-order chi connectivity index (χ1) is 32.0. The molecule has 2 heterocycles. The van der Waals surface area contributed by atoms with Gasteiger partial charge in [0.15, 0.2) is 0 Å². The van der Waals surface area contributed by atoms with Gasteiger partial charge in [-0.1, -0.05) is 214 Å². The van der Waals surface area contributed by atoms with Crippen LogP contribution in [0.4, 0.5) is 0 Å². The normalized spacial score (nSPS) is 12.9. The minimum atomic E-state index is -0.331. The minimum Gasteiger partial charge on any atom is -0.507 e. The van der Waals surface area contributed by atoms with E-state index >= 15 is 0 Å². The topological polar surface area (TPSA) is 50.9 Å². The van der Waals surface area contributed by atoms with Gasteiger partial charge in [0.1, 0.15) is 11.6 Å². The Balaban J connectivity index is 0.00000722. The van der Waals surface area contributed by atoms with E-state index in [2.05, 4.69) is 256 Å². The second-order valence-electron chi connectivity index (χ2n) is 25.0. The second kappa shape index (κ2) is 18.6. The van der Waals surface area contributed by atoms with Gasteiger partial charge >= 0.3 is 0 Å². The number of phenolic OH excluding ortho intramolecular Hbond substituents is 1. The summed E-state index contributed by atoms with van der Waals surface area (Å²) in [6.45, 7) is 38.4. The molecule has 0 aliphatic rings. The predicted molar refractivity (Wildman–Crippen MR) is 294 cm³/mol. The molecule has 0 saturated carbocycles. The van der Waals surface area contributed by atoms with E-state index in [1.165, 1.54) is 16.7 Å². The van der Waals surface area contributed by atoms with Crippen LogP contribution in [0.3, 0.4) is 0 Å². The zero-order valence-electron chi connectivity index (χ0n) is 44.8. The van der Waals surface area contributed by atoms with Gasteiger partial charge in [0.05, 0.1) is 22.3 Å². The van der Waals surface area contributed by atoms with Gasteiger partial charge in [-0.3, -0.25) is 9.55 Å². The van der Waals surface area contributed by atoms with E-state index in [0.717, 1.165) is 72.5 Å². The Morgan fingerprint density at radius 2 is 1.06 bits per heavy atom. The fourth-order valence-electron chi connectivity index (χ4n) is 9.15. The fourth-order valence-corrected chi connectivity index (χ4v) is 9.15. The Morgan fingerprint density at radius 1 is 0.471 bits per heavy atom. The minimum absolute atomic E-state index is 0. The van der Waals surface area contributed by atoms with Crippen LogP contribution in [0.1, 0.15) is 146 Å². The van der Waals surface area contributed by atoms with Crippen LogP contribution in [0, 0.1) is 11.5 Å². The molecular formula is C65H74N3OPt-. The van der Waals surface area contributed by atoms with Crippen molar-refractivity contribution >= 4 is 11.0 Å². The second-order valence-corrected chi connectivity index (χ2v) is 25.0. The third-order valence-corrected chi connectivity index (χ3v) is 14.8. The van der Waals surface area contributed by atoms with Crippen LogP contribution in [0.2, 0.25) is 0 Å². The maximum Gasteiger partial charge on any atom is 0.148 e. The van der Waals surface area contributed by atoms with E-state index in [-0.39, 0.29) is 59.3 Å². The van der Waals surface area contributed by atoms with Gasteiger partial charge in [0.2, 0.25) is 0 Å². The average molecular weight is 1110 g/mol. The van der Waals surface area contributed by atoms with Crippen molar-refractivity contribution in [2.75, 3.05) is 0 Å². The number of benzene rings is 6. The van der Waals surface area contributed by atoms with Crippen LogP contribution >= 0.6 is 0 Å². The van der Waals surface area contributed by atoms with Gasteiger partial charge in [0, 0.05) is 44.1 Å². The van der Waals surface area contributed by atoms with E-state index in [4.69, 9.17) is 9.97 Å². The molecule has 0 fully saturated rings. The first kappa shape index (κ1) is 52.3. The Kier molecular flexibility index (Phi) is 13.9. The number of para-hydroxylation sites is 1. The van der Waals surface area contributed by atoms with E-state index in [0.29, 0.717) is 11.4 Å². The number of hydrogen-bond donors (Lipinski definition) is 1. The fraction of sp³-hybridized carbons (Fsp3) is 0.354. The van der Waals surface area contributed by atoms with Gasteiger partial charge in [-0.15, -0.1) is 29.3 Å². The monoisotopic (exact) mass is 1110 g/mol. The van der Waals surface area contributed by atoms with Gasteiger partial charge < -0.3 is 5.11 Å². The van der Waals surface area contributed by atoms with Gasteiger partial charge in [-0.2, -0.15) is 0 Å². The zero-order valence-corrected chi connectivity index (χ0v) is 47.1. The van der Waals surface area contributed by atoms with Gasteiger partial charge in [-0.05, 0) is 96.2 Å². The van der Waals surface area contributed by atoms with Crippen LogP contribution < -0.4 is 0 Å². The number of nitrogens with zero attached hydrogens (tertiary/aromatic N) is 3. The largest absolute Gasteiger partial charge is 0.507 e. The third kappa shape index (κ3) is 10.1. The first-order valence-corrected chi connectivity index (χ1v) is 24.8. The summed E-state index contributed by atoms with van der Waals surface area (Å²) in [6.07, 6.45) is 1.92. The molecule has 0 saturated heterocycles. The summed E-state index contributed by atoms with van der Waals surface area (Å²) in [5.41, 5.74) is 16.8. The van der Waals surface area contributed by atoms with E-state index in [1.807, 2.05) is 6.20 Å². The zero-order chi connectivity index (χ0) is 50.2. The van der Waals surface area contributed by atoms with Gasteiger partial charge in [-0.25, -0.2) is 4.98 Å². The molecule has 1 N–H and O–H groups in total. The molecule has 0 aliphatic heterocycles. The molecule has 6 aromatic carbocycles. The molecule has 0 unspecified atom stereocenters. The van der Waals surface area contributed by atoms with Crippen molar-refractivity contribution in [2.45, 2.75) is 145 Å². The molecule has 5 heteroatoms. The smallest absolute Gasteiger partial charge is 0.148 e. The van der Waals surface area contributed by atoms with Crippen molar-refractivity contribution < 1.29 is 26.2 Å². The average Bonchev–Trinajstić information content (AvgIpc) is 3.67. The number of pyridine rings is 1. The summed E-state index contributed by atoms with van der Waals surface area (Å²) in [4.78, 5) is 10.7. The molecule has 0 amide bonds. The molecule has 0 bridgehead atoms. The van der Waals surface area contributed by atoms with Gasteiger partial charge in [0.25, 0.3) is 0 Å². The number of rotatable bonds is 7. The molecule has 0 spiro atoms. The van der Waals surface area contributed by atoms with Crippen LogP contribution in [-0.4, -0.2) is 19.6 Å². The number of aromatic hydroxyl groups is 1. The molecular weight excluding hydrogens is 1030 g/mol. The van der Waals surface area contributed by atoms with Crippen molar-refractivity contribution in [3.63, 3.8) is 0 Å². The molecule has 8 rings (SSSR count). The SMILES string of the molecule is CC(C)(C)c1cc(-c2cc(-c3ccc(C(C)(C)C(C)(C)C)cc3)ccn2)[c-]c(-c2cccc3c2nc(-c2cc(C(C)(C)C)cc(C(C)(C)C)c2O)n3-c2ccc(C(C)(C)C)cc2-c2ccccc2)c1.[Pt]. The molecule has 366 valence electrons. The predicted octanol–water partition coefficient (Wildman–Crippen LogP) is 17.8. The molecule has 4 nitrogen and oxygen atoms in total. The van der Waals surface area contributed by atoms with Crippen LogP contribution in [0.15, 0.2) is 134 Å². The maximum absolute atomic E-state index is 12.6. The van der Waals surface area contributed by atoms with E-state index < -0.39 is 0 Å². The summed E-state index contributed by atoms with van der Waals surface area (Å²) >= 11 is 0. The summed E-state index contributed by atoms with van der Waals surface area (Å²) < 4.78 is 2.29. The summed E-state index contributed by atoms with van der Waals surface area (Å²) in [5, 5.41) is 12.6. The van der Waals surface area contributed by atoms with E-state index in [9.17, 15) is 5.11 Å². The van der Waals surface area contributed by atoms with Crippen molar-refractivity contribution in [1.82, 2.24) is 14.5 Å². The Morgan fingerprint density at radius 3 is 1.66 bits per heavy atom. The molecule has 0 atom stereocenters. The molecule has 2 aromatic heterocycles. The number of phenols is 1. The number of imidazole rings is 1. The van der Waals surface area contributed by atoms with E-state index in [1.54, 1.807) is 0 Å². The number of aromatic nitrogens is 3. The third-order valence-electron chi connectivity index (χ3n) is 14.8. The van der Waals surface area contributed by atoms with Crippen molar-refractivity contribution in [1.29, 1.82) is 0 Å². The van der Waals surface area contributed by atoms with Crippen LogP contribution in [0.5, 0.6) is 5.75 Å². The van der Waals surface area contributed by atoms with Crippen molar-refractivity contribution in [3.05, 3.63) is 167 Å². The maximum atomic E-state index is 12.6. The Bertz CT molecular complexity index is 3190. The summed E-state index contributed by atoms with van der Waals surface area (Å²) in [5.74, 6) is 0.939. The quantitative estimate of drug-likeness (QED) is 0.162. The molecule has 8 aromatic rings. The van der Waals surface area contributed by atoms with Crippen LogP contribution in [0.25, 0.3) is 72.7 Å². The summed E-state index contributed by atoms with van der Waals surface area (Å²) in [7, 11) is 0. The summed E-state index contributed by atoms with van der Waals surface area (Å²) in [6, 6.07) is 50.1. The Labute approximate surface area is 434 Å². The van der Waals surface area contributed by atoms with Crippen molar-refractivity contribution in [2.24, 2.45) is 5.41 Å². The van der Waals surface area contributed by atoms with Crippen molar-refractivity contribution in [3.8, 4) is 67.5 Å². The number of fused-ring (bicyclic) bond motifs is 1. The molecule has 70 heavy (non-hydrogen) atoms. The first-order valence-electron chi connectivity index (χ1n) is 24.8. The standard InChI is InChI=1S/C65H74N3O.Pt/c1-60(2,3)47-30-31-55(51(38-47)42-22-19-18-20-23-42)68-56-25-21-24-50(57(56)67-59(68)52-39-49(62(7,8)9)40-53(58(52)69)63(10,11)12)44-34-45(36-48(35-44)61(4,5)6)54-37-43(32-33-66-54)41-26-28-46(29-27-41)65(16,17)64(13,14)15;/h18-33,35-40,69H,1-17H3;/q-1;. The molecule has 0 aliphatic carbocycles. The molecule has 0 radical (unpaired) electrons. The number of hydrogen-bond acceptors (Lipinski definition) is 3. The van der Waals surface area contributed by atoms with Crippen LogP contribution in [-0.2, 0) is 48.1 Å².